The Hall–Kier alpha value is -1.61. The first-order valence-corrected chi connectivity index (χ1v) is 5.71. The molecule has 0 aliphatic heterocycles. The van der Waals surface area contributed by atoms with Gasteiger partial charge in [0.05, 0.1) is 10.9 Å². The van der Waals surface area contributed by atoms with Gasteiger partial charge < -0.3 is 4.74 Å². The molecule has 0 saturated carbocycles. The van der Waals surface area contributed by atoms with Gasteiger partial charge >= 0.3 is 0 Å². The Morgan fingerprint density at radius 3 is 3.00 bits per heavy atom. The predicted molar refractivity (Wildman–Crippen MR) is 67.1 cm³/mol. The van der Waals surface area contributed by atoms with Crippen LogP contribution in [0.25, 0.3) is 10.9 Å². The smallest absolute Gasteiger partial charge is 0.293 e. The maximum atomic E-state index is 10.1. The average Bonchev–Trinajstić information content (AvgIpc) is 2.37. The Kier molecular flexibility index (Phi) is 3.59. The number of para-hydroxylation sites is 1. The van der Waals surface area contributed by atoms with E-state index < -0.39 is 0 Å². The number of ether oxygens (including phenoxy) is 1. The van der Waals surface area contributed by atoms with Gasteiger partial charge in [0.25, 0.3) is 6.47 Å². The zero-order chi connectivity index (χ0) is 12.3. The SMILES string of the molecule is Cc1c(C(Cl)COC=O)cnc2ccccc12. The molecule has 3 nitrogen and oxygen atoms in total. The molecule has 1 aromatic heterocycles. The van der Waals surface area contributed by atoms with Crippen LogP contribution in [0.5, 0.6) is 0 Å². The van der Waals surface area contributed by atoms with E-state index in [1.807, 2.05) is 31.2 Å². The van der Waals surface area contributed by atoms with Crippen LogP contribution >= 0.6 is 11.6 Å². The minimum Gasteiger partial charge on any atom is -0.466 e. The number of halogens is 1. The molecule has 0 saturated heterocycles. The highest BCUT2D eigenvalue weighted by molar-refractivity contribution is 6.21. The van der Waals surface area contributed by atoms with E-state index in [2.05, 4.69) is 9.72 Å². The molecular formula is C13H12ClNO2. The first-order valence-electron chi connectivity index (χ1n) is 5.27. The van der Waals surface area contributed by atoms with Crippen molar-refractivity contribution in [3.8, 4) is 0 Å². The van der Waals surface area contributed by atoms with Gasteiger partial charge in [-0.2, -0.15) is 0 Å². The molecule has 88 valence electrons. The van der Waals surface area contributed by atoms with Crippen molar-refractivity contribution < 1.29 is 9.53 Å². The van der Waals surface area contributed by atoms with Gasteiger partial charge in [-0.05, 0) is 24.1 Å². The lowest BCUT2D eigenvalue weighted by molar-refractivity contribution is -0.128. The molecule has 1 atom stereocenters. The third-order valence-electron chi connectivity index (χ3n) is 2.73. The van der Waals surface area contributed by atoms with Gasteiger partial charge in [0.15, 0.2) is 0 Å². The molecule has 2 aromatic rings. The van der Waals surface area contributed by atoms with E-state index in [4.69, 9.17) is 11.6 Å². The number of carbonyl (C=O) groups is 1. The molecule has 17 heavy (non-hydrogen) atoms. The number of rotatable bonds is 4. The number of benzene rings is 1. The number of hydrogen-bond donors (Lipinski definition) is 0. The molecule has 0 bridgehead atoms. The molecule has 0 N–H and O–H groups in total. The lowest BCUT2D eigenvalue weighted by Crippen LogP contribution is -2.04. The van der Waals surface area contributed by atoms with Crippen LogP contribution in [0, 0.1) is 6.92 Å². The van der Waals surface area contributed by atoms with E-state index in [1.165, 1.54) is 0 Å². The number of aryl methyl sites for hydroxylation is 1. The van der Waals surface area contributed by atoms with Crippen molar-refractivity contribution in [3.63, 3.8) is 0 Å². The summed E-state index contributed by atoms with van der Waals surface area (Å²) in [6, 6.07) is 7.87. The van der Waals surface area contributed by atoms with Gasteiger partial charge in [0.2, 0.25) is 0 Å². The summed E-state index contributed by atoms with van der Waals surface area (Å²) in [6.45, 7) is 2.56. The van der Waals surface area contributed by atoms with Crippen molar-refractivity contribution >= 4 is 29.0 Å². The third-order valence-corrected chi connectivity index (χ3v) is 3.09. The summed E-state index contributed by atoms with van der Waals surface area (Å²) < 4.78 is 4.68. The highest BCUT2D eigenvalue weighted by Gasteiger charge is 2.13. The molecule has 0 spiro atoms. The largest absolute Gasteiger partial charge is 0.466 e. The Balaban J connectivity index is 2.41. The normalized spacial score (nSPS) is 12.4. The fourth-order valence-electron chi connectivity index (χ4n) is 1.82. The second kappa shape index (κ2) is 5.15. The fraction of sp³-hybridized carbons (Fsp3) is 0.231. The maximum absolute atomic E-state index is 10.1. The lowest BCUT2D eigenvalue weighted by atomic mass is 10.0. The van der Waals surface area contributed by atoms with Crippen LogP contribution in [0.4, 0.5) is 0 Å². The highest BCUT2D eigenvalue weighted by Crippen LogP contribution is 2.28. The second-order valence-electron chi connectivity index (χ2n) is 3.75. The first kappa shape index (κ1) is 11.9. The molecule has 2 rings (SSSR count). The summed E-state index contributed by atoms with van der Waals surface area (Å²) >= 11 is 6.17. The van der Waals surface area contributed by atoms with Gasteiger partial charge in [0, 0.05) is 11.6 Å². The molecule has 4 heteroatoms. The van der Waals surface area contributed by atoms with Gasteiger partial charge in [-0.3, -0.25) is 9.78 Å². The minimum absolute atomic E-state index is 0.159. The van der Waals surface area contributed by atoms with Crippen molar-refractivity contribution in [1.82, 2.24) is 4.98 Å². The van der Waals surface area contributed by atoms with E-state index in [9.17, 15) is 4.79 Å². The summed E-state index contributed by atoms with van der Waals surface area (Å²) in [5.74, 6) is 0. The minimum atomic E-state index is -0.364. The summed E-state index contributed by atoms with van der Waals surface area (Å²) in [4.78, 5) is 14.5. The molecule has 1 unspecified atom stereocenters. The molecule has 0 fully saturated rings. The molecule has 0 aliphatic carbocycles. The zero-order valence-electron chi connectivity index (χ0n) is 9.39. The van der Waals surface area contributed by atoms with Crippen molar-refractivity contribution in [2.24, 2.45) is 0 Å². The van der Waals surface area contributed by atoms with Crippen molar-refractivity contribution in [2.75, 3.05) is 6.61 Å². The monoisotopic (exact) mass is 249 g/mol. The number of carbonyl (C=O) groups excluding carboxylic acids is 1. The Bertz CT molecular complexity index is 542. The van der Waals surface area contributed by atoms with Gasteiger partial charge in [-0.25, -0.2) is 0 Å². The molecule has 0 amide bonds. The Labute approximate surface area is 104 Å². The first-order chi connectivity index (χ1) is 8.24. The van der Waals surface area contributed by atoms with Crippen LogP contribution in [0.15, 0.2) is 30.5 Å². The number of pyridine rings is 1. The third kappa shape index (κ3) is 2.39. The van der Waals surface area contributed by atoms with E-state index in [0.717, 1.165) is 22.0 Å². The summed E-state index contributed by atoms with van der Waals surface area (Å²) in [6.07, 6.45) is 1.74. The van der Waals surface area contributed by atoms with E-state index in [0.29, 0.717) is 6.47 Å². The van der Waals surface area contributed by atoms with Crippen molar-refractivity contribution in [2.45, 2.75) is 12.3 Å². The van der Waals surface area contributed by atoms with Gasteiger partial charge in [-0.1, -0.05) is 18.2 Å². The molecule has 0 aliphatic rings. The maximum Gasteiger partial charge on any atom is 0.293 e. The topological polar surface area (TPSA) is 39.2 Å². The molecule has 1 heterocycles. The fourth-order valence-corrected chi connectivity index (χ4v) is 2.12. The van der Waals surface area contributed by atoms with Gasteiger partial charge in [0.1, 0.15) is 6.61 Å². The summed E-state index contributed by atoms with van der Waals surface area (Å²) in [5, 5.41) is 0.707. The van der Waals surface area contributed by atoms with Crippen LogP contribution in [0.1, 0.15) is 16.5 Å². The summed E-state index contributed by atoms with van der Waals surface area (Å²) in [5.41, 5.74) is 2.91. The second-order valence-corrected chi connectivity index (χ2v) is 4.28. The molecular weight excluding hydrogens is 238 g/mol. The summed E-state index contributed by atoms with van der Waals surface area (Å²) in [7, 11) is 0. The van der Waals surface area contributed by atoms with Crippen LogP contribution in [-0.4, -0.2) is 18.1 Å². The van der Waals surface area contributed by atoms with Crippen LogP contribution in [0.2, 0.25) is 0 Å². The highest BCUT2D eigenvalue weighted by atomic mass is 35.5. The number of hydrogen-bond acceptors (Lipinski definition) is 3. The lowest BCUT2D eigenvalue weighted by Gasteiger charge is -2.13. The van der Waals surface area contributed by atoms with E-state index in [1.54, 1.807) is 6.20 Å². The number of aromatic nitrogens is 1. The zero-order valence-corrected chi connectivity index (χ0v) is 10.1. The molecule has 1 aromatic carbocycles. The van der Waals surface area contributed by atoms with Crippen LogP contribution in [0.3, 0.4) is 0 Å². The van der Waals surface area contributed by atoms with Crippen LogP contribution < -0.4 is 0 Å². The van der Waals surface area contributed by atoms with E-state index in [-0.39, 0.29) is 12.0 Å². The number of nitrogens with zero attached hydrogens (tertiary/aromatic N) is 1. The van der Waals surface area contributed by atoms with Crippen LogP contribution in [-0.2, 0) is 9.53 Å². The Morgan fingerprint density at radius 1 is 1.47 bits per heavy atom. The number of fused-ring (bicyclic) bond motifs is 1. The van der Waals surface area contributed by atoms with Crippen molar-refractivity contribution in [1.29, 1.82) is 0 Å². The standard InChI is InChI=1S/C13H12ClNO2/c1-9-10-4-2-3-5-13(10)15-6-11(9)12(14)7-17-8-16/h2-6,8,12H,7H2,1H3. The van der Waals surface area contributed by atoms with Crippen molar-refractivity contribution in [3.05, 3.63) is 41.6 Å². The van der Waals surface area contributed by atoms with E-state index >= 15 is 0 Å². The predicted octanol–water partition coefficient (Wildman–Crippen LogP) is 3.00. The quantitative estimate of drug-likeness (QED) is 0.618. The average molecular weight is 250 g/mol. The van der Waals surface area contributed by atoms with Gasteiger partial charge in [-0.15, -0.1) is 11.6 Å². The molecule has 0 radical (unpaired) electrons. The number of alkyl halides is 1. The Morgan fingerprint density at radius 2 is 2.24 bits per heavy atom.